The molecule has 3 fully saturated rings. The van der Waals surface area contributed by atoms with Crippen LogP contribution in [0.3, 0.4) is 0 Å². The number of rotatable bonds is 5. The standard InChI is InChI=1S/C18H31N3O3/c1-13-6-3-4-8-15(13)24-11-10-21-9-5-7-14(12-21)18(2)16(22)19-17(23)20-18/h13-15H,3-12H2,1-2H3,(H2,19,20,22,23)/t13-,14+,15+,18+/m1/s1. The number of amides is 3. The molecule has 6 heteroatoms. The van der Waals surface area contributed by atoms with E-state index in [9.17, 15) is 9.59 Å². The molecule has 4 atom stereocenters. The van der Waals surface area contributed by atoms with Crippen molar-refractivity contribution < 1.29 is 14.3 Å². The van der Waals surface area contributed by atoms with Gasteiger partial charge in [0.2, 0.25) is 0 Å². The number of urea groups is 1. The smallest absolute Gasteiger partial charge is 0.322 e. The molecule has 0 aromatic carbocycles. The Hall–Kier alpha value is -1.14. The van der Waals surface area contributed by atoms with Crippen LogP contribution in [0.2, 0.25) is 0 Å². The number of carbonyl (C=O) groups is 2. The van der Waals surface area contributed by atoms with E-state index in [1.807, 2.05) is 6.92 Å². The number of hydrogen-bond donors (Lipinski definition) is 2. The van der Waals surface area contributed by atoms with Crippen molar-refractivity contribution in [2.45, 2.75) is 64.0 Å². The van der Waals surface area contributed by atoms with Gasteiger partial charge in [-0.1, -0.05) is 19.8 Å². The number of piperidine rings is 1. The third-order valence-electron chi connectivity index (χ3n) is 6.17. The molecule has 1 saturated carbocycles. The summed E-state index contributed by atoms with van der Waals surface area (Å²) in [7, 11) is 0. The van der Waals surface area contributed by atoms with Gasteiger partial charge in [-0.05, 0) is 45.1 Å². The minimum absolute atomic E-state index is 0.159. The van der Waals surface area contributed by atoms with Gasteiger partial charge in [0.25, 0.3) is 5.91 Å². The summed E-state index contributed by atoms with van der Waals surface area (Å²) in [4.78, 5) is 26.0. The van der Waals surface area contributed by atoms with Gasteiger partial charge in [-0.3, -0.25) is 10.1 Å². The first-order valence-corrected chi connectivity index (χ1v) is 9.46. The Balaban J connectivity index is 1.47. The Bertz CT molecular complexity index is 484. The second kappa shape index (κ2) is 7.40. The normalized spacial score (nSPS) is 38.0. The van der Waals surface area contributed by atoms with Crippen molar-refractivity contribution in [2.75, 3.05) is 26.2 Å². The van der Waals surface area contributed by atoms with E-state index in [1.54, 1.807) is 0 Å². The first-order valence-electron chi connectivity index (χ1n) is 9.46. The Labute approximate surface area is 144 Å². The molecule has 0 unspecified atom stereocenters. The van der Waals surface area contributed by atoms with Crippen LogP contribution in [0.15, 0.2) is 0 Å². The Morgan fingerprint density at radius 1 is 1.21 bits per heavy atom. The van der Waals surface area contributed by atoms with Crippen LogP contribution in [-0.2, 0) is 9.53 Å². The van der Waals surface area contributed by atoms with Crippen molar-refractivity contribution >= 4 is 11.9 Å². The average Bonchev–Trinajstić information content (AvgIpc) is 2.83. The van der Waals surface area contributed by atoms with Crippen LogP contribution in [0.4, 0.5) is 4.79 Å². The first kappa shape index (κ1) is 17.7. The van der Waals surface area contributed by atoms with E-state index in [1.165, 1.54) is 25.7 Å². The van der Waals surface area contributed by atoms with Crippen molar-refractivity contribution in [3.8, 4) is 0 Å². The topological polar surface area (TPSA) is 70.7 Å². The van der Waals surface area contributed by atoms with Gasteiger partial charge in [0, 0.05) is 19.0 Å². The van der Waals surface area contributed by atoms with Gasteiger partial charge in [0.1, 0.15) is 5.54 Å². The highest BCUT2D eigenvalue weighted by atomic mass is 16.5. The summed E-state index contributed by atoms with van der Waals surface area (Å²) in [5, 5.41) is 5.20. The van der Waals surface area contributed by atoms with Crippen LogP contribution in [0.1, 0.15) is 52.4 Å². The van der Waals surface area contributed by atoms with E-state index in [0.29, 0.717) is 12.0 Å². The molecule has 2 heterocycles. The third-order valence-corrected chi connectivity index (χ3v) is 6.17. The van der Waals surface area contributed by atoms with E-state index in [2.05, 4.69) is 22.5 Å². The van der Waals surface area contributed by atoms with Crippen molar-refractivity contribution in [1.82, 2.24) is 15.5 Å². The molecule has 3 amide bonds. The highest BCUT2D eigenvalue weighted by Crippen LogP contribution is 2.30. The van der Waals surface area contributed by atoms with Crippen LogP contribution in [-0.4, -0.2) is 54.7 Å². The second-order valence-electron chi connectivity index (χ2n) is 7.92. The molecule has 0 aromatic heterocycles. The third kappa shape index (κ3) is 3.75. The maximum Gasteiger partial charge on any atom is 0.322 e. The minimum atomic E-state index is -0.769. The number of nitrogens with zero attached hydrogens (tertiary/aromatic N) is 1. The van der Waals surface area contributed by atoms with Crippen molar-refractivity contribution in [2.24, 2.45) is 11.8 Å². The molecule has 24 heavy (non-hydrogen) atoms. The first-order chi connectivity index (χ1) is 11.5. The molecule has 136 valence electrons. The van der Waals surface area contributed by atoms with Crippen LogP contribution in [0.25, 0.3) is 0 Å². The summed E-state index contributed by atoms with van der Waals surface area (Å²) < 4.78 is 6.13. The zero-order valence-corrected chi connectivity index (χ0v) is 15.0. The zero-order chi connectivity index (χ0) is 17.2. The molecule has 2 aliphatic heterocycles. The van der Waals surface area contributed by atoms with E-state index < -0.39 is 5.54 Å². The Kier molecular flexibility index (Phi) is 5.45. The molecule has 2 saturated heterocycles. The van der Waals surface area contributed by atoms with Gasteiger partial charge < -0.3 is 15.0 Å². The number of hydrogen-bond acceptors (Lipinski definition) is 4. The number of likely N-dealkylation sites (tertiary alicyclic amines) is 1. The SMILES string of the molecule is C[C@@H]1CCCC[C@@H]1OCCN1CCC[C@H]([C@]2(C)NC(=O)NC2=O)C1. The lowest BCUT2D eigenvalue weighted by molar-refractivity contribution is -0.126. The van der Waals surface area contributed by atoms with Crippen LogP contribution in [0.5, 0.6) is 0 Å². The predicted octanol–water partition coefficient (Wildman–Crippen LogP) is 1.89. The van der Waals surface area contributed by atoms with Gasteiger partial charge in [-0.15, -0.1) is 0 Å². The molecule has 6 nitrogen and oxygen atoms in total. The van der Waals surface area contributed by atoms with Crippen molar-refractivity contribution in [3.63, 3.8) is 0 Å². The lowest BCUT2D eigenvalue weighted by Crippen LogP contribution is -2.56. The fourth-order valence-corrected chi connectivity index (χ4v) is 4.44. The second-order valence-corrected chi connectivity index (χ2v) is 7.92. The van der Waals surface area contributed by atoms with Gasteiger partial charge in [0.15, 0.2) is 0 Å². The van der Waals surface area contributed by atoms with Gasteiger partial charge in [-0.25, -0.2) is 4.79 Å². The average molecular weight is 337 g/mol. The quantitative estimate of drug-likeness (QED) is 0.752. The van der Waals surface area contributed by atoms with Gasteiger partial charge in [-0.2, -0.15) is 0 Å². The predicted molar refractivity (Wildman–Crippen MR) is 91.6 cm³/mol. The molecular weight excluding hydrogens is 306 g/mol. The minimum Gasteiger partial charge on any atom is -0.377 e. The molecule has 2 N–H and O–H groups in total. The molecule has 0 bridgehead atoms. The fourth-order valence-electron chi connectivity index (χ4n) is 4.44. The summed E-state index contributed by atoms with van der Waals surface area (Å²) in [5.74, 6) is 0.641. The van der Waals surface area contributed by atoms with E-state index >= 15 is 0 Å². The van der Waals surface area contributed by atoms with E-state index in [4.69, 9.17) is 4.74 Å². The number of carbonyl (C=O) groups excluding carboxylic acids is 2. The largest absolute Gasteiger partial charge is 0.377 e. The summed E-state index contributed by atoms with van der Waals surface area (Å²) in [6.45, 7) is 7.70. The van der Waals surface area contributed by atoms with Crippen molar-refractivity contribution in [3.05, 3.63) is 0 Å². The Morgan fingerprint density at radius 3 is 2.71 bits per heavy atom. The molecule has 0 aromatic rings. The Morgan fingerprint density at radius 2 is 2.00 bits per heavy atom. The monoisotopic (exact) mass is 337 g/mol. The summed E-state index contributed by atoms with van der Waals surface area (Å²) >= 11 is 0. The van der Waals surface area contributed by atoms with Crippen LogP contribution < -0.4 is 10.6 Å². The number of imide groups is 1. The maximum atomic E-state index is 12.1. The fraction of sp³-hybridized carbons (Fsp3) is 0.889. The van der Waals surface area contributed by atoms with E-state index in [-0.39, 0.29) is 17.9 Å². The lowest BCUT2D eigenvalue weighted by atomic mass is 9.80. The highest BCUT2D eigenvalue weighted by Gasteiger charge is 2.48. The molecule has 3 rings (SSSR count). The zero-order valence-electron chi connectivity index (χ0n) is 15.0. The van der Waals surface area contributed by atoms with Crippen molar-refractivity contribution in [1.29, 1.82) is 0 Å². The highest BCUT2D eigenvalue weighted by molar-refractivity contribution is 6.06. The molecule has 0 radical (unpaired) electrons. The maximum absolute atomic E-state index is 12.1. The van der Waals surface area contributed by atoms with Gasteiger partial charge in [0.05, 0.1) is 12.7 Å². The number of ether oxygens (including phenoxy) is 1. The number of nitrogens with one attached hydrogen (secondary N) is 2. The van der Waals surface area contributed by atoms with Crippen LogP contribution in [0, 0.1) is 11.8 Å². The summed E-state index contributed by atoms with van der Waals surface area (Å²) in [6, 6.07) is -0.366. The lowest BCUT2D eigenvalue weighted by Gasteiger charge is -2.39. The summed E-state index contributed by atoms with van der Waals surface area (Å²) in [5.41, 5.74) is -0.769. The molecular formula is C18H31N3O3. The molecule has 1 aliphatic carbocycles. The van der Waals surface area contributed by atoms with Gasteiger partial charge >= 0.3 is 6.03 Å². The van der Waals surface area contributed by atoms with E-state index in [0.717, 1.165) is 39.1 Å². The van der Waals surface area contributed by atoms with Crippen LogP contribution >= 0.6 is 0 Å². The molecule has 0 spiro atoms. The molecule has 3 aliphatic rings. The summed E-state index contributed by atoms with van der Waals surface area (Å²) in [6.07, 6.45) is 7.54.